The molecule has 0 radical (unpaired) electrons. The number of ether oxygens (including phenoxy) is 4. The molecule has 1 aromatic rings. The zero-order valence-electron chi connectivity index (χ0n) is 28.6. The van der Waals surface area contributed by atoms with Crippen LogP contribution < -0.4 is 0 Å². The van der Waals surface area contributed by atoms with E-state index in [1.54, 1.807) is 6.92 Å². The van der Waals surface area contributed by atoms with E-state index in [9.17, 15) is 54.6 Å². The number of carboxylic acid groups (broad SMARTS) is 3. The van der Waals surface area contributed by atoms with Gasteiger partial charge in [0.15, 0.2) is 6.10 Å². The lowest BCUT2D eigenvalue weighted by Crippen LogP contribution is -2.78. The number of esters is 2. The second-order valence-corrected chi connectivity index (χ2v) is 13.4. The molecule has 2 saturated heterocycles. The van der Waals surface area contributed by atoms with Gasteiger partial charge in [-0.1, -0.05) is 64.1 Å². The minimum atomic E-state index is -3.95. The van der Waals surface area contributed by atoms with Gasteiger partial charge in [-0.25, -0.2) is 19.2 Å². The predicted molar refractivity (Wildman–Crippen MR) is 172 cm³/mol. The number of carbonyl (C=O) groups is 5. The molecule has 1 aromatic carbocycles. The molecule has 50 heavy (non-hydrogen) atoms. The van der Waals surface area contributed by atoms with Crippen LogP contribution in [0.5, 0.6) is 0 Å². The number of aliphatic carboxylic acids is 3. The maximum Gasteiger partial charge on any atom is 0.344 e. The first kappa shape index (κ1) is 40.3. The van der Waals surface area contributed by atoms with Crippen molar-refractivity contribution in [2.24, 2.45) is 11.8 Å². The Morgan fingerprint density at radius 3 is 2.22 bits per heavy atom. The van der Waals surface area contributed by atoms with E-state index in [0.29, 0.717) is 12.8 Å². The van der Waals surface area contributed by atoms with Gasteiger partial charge in [-0.15, -0.1) is 0 Å². The lowest BCUT2D eigenvalue weighted by atomic mass is 9.74. The van der Waals surface area contributed by atoms with Crippen molar-refractivity contribution in [1.29, 1.82) is 0 Å². The largest absolute Gasteiger partial charge is 0.479 e. The molecule has 0 spiro atoms. The molecule has 0 saturated carbocycles. The van der Waals surface area contributed by atoms with E-state index >= 15 is 0 Å². The molecule has 3 rings (SSSR count). The molecule has 0 aliphatic carbocycles. The van der Waals surface area contributed by atoms with Crippen molar-refractivity contribution in [2.75, 3.05) is 0 Å². The highest BCUT2D eigenvalue weighted by Crippen LogP contribution is 2.56. The average molecular weight is 707 g/mol. The van der Waals surface area contributed by atoms with Gasteiger partial charge >= 0.3 is 29.8 Å². The molecule has 15 heteroatoms. The first-order chi connectivity index (χ1) is 23.2. The number of carbonyl (C=O) groups excluding carboxylic acids is 2. The second-order valence-electron chi connectivity index (χ2n) is 13.4. The molecule has 0 aromatic heterocycles. The van der Waals surface area contributed by atoms with Gasteiger partial charge in [0.05, 0.1) is 5.60 Å². The van der Waals surface area contributed by atoms with E-state index in [1.807, 2.05) is 44.2 Å². The molecule has 2 bridgehead atoms. The first-order valence-electron chi connectivity index (χ1n) is 16.2. The molecular weight excluding hydrogens is 660 g/mol. The Balaban J connectivity index is 2.03. The van der Waals surface area contributed by atoms with Crippen LogP contribution in [0.25, 0.3) is 0 Å². The number of aliphatic hydroxyl groups excluding tert-OH is 1. The van der Waals surface area contributed by atoms with Crippen LogP contribution in [0.15, 0.2) is 54.6 Å². The summed E-state index contributed by atoms with van der Waals surface area (Å²) in [6, 6.07) is 9.23. The summed E-state index contributed by atoms with van der Waals surface area (Å²) in [6.45, 7) is 12.1. The molecule has 276 valence electrons. The highest BCUT2D eigenvalue weighted by atomic mass is 16.8. The maximum absolute atomic E-state index is 13.1. The van der Waals surface area contributed by atoms with E-state index in [4.69, 9.17) is 18.9 Å². The van der Waals surface area contributed by atoms with E-state index in [-0.39, 0.29) is 30.3 Å². The van der Waals surface area contributed by atoms with Crippen molar-refractivity contribution >= 4 is 29.8 Å². The van der Waals surface area contributed by atoms with Crippen LogP contribution in [0.1, 0.15) is 65.9 Å². The van der Waals surface area contributed by atoms with Crippen LogP contribution in [-0.2, 0) is 49.3 Å². The second kappa shape index (κ2) is 15.4. The van der Waals surface area contributed by atoms with E-state index in [0.717, 1.165) is 17.7 Å². The first-order valence-corrected chi connectivity index (χ1v) is 16.2. The van der Waals surface area contributed by atoms with Crippen molar-refractivity contribution in [1.82, 2.24) is 0 Å². The van der Waals surface area contributed by atoms with Crippen LogP contribution in [0.2, 0.25) is 0 Å². The summed E-state index contributed by atoms with van der Waals surface area (Å²) in [7, 11) is 0. The maximum atomic E-state index is 13.1. The van der Waals surface area contributed by atoms with E-state index in [1.165, 1.54) is 13.8 Å². The minimum Gasteiger partial charge on any atom is -0.479 e. The Bertz CT molecular complexity index is 1490. The van der Waals surface area contributed by atoms with Gasteiger partial charge in [0, 0.05) is 25.3 Å². The molecule has 2 fully saturated rings. The van der Waals surface area contributed by atoms with Crippen LogP contribution in [-0.4, -0.2) is 107 Å². The molecule has 2 aliphatic rings. The monoisotopic (exact) mass is 706 g/mol. The van der Waals surface area contributed by atoms with Crippen molar-refractivity contribution in [3.05, 3.63) is 60.2 Å². The van der Waals surface area contributed by atoms with Gasteiger partial charge in [-0.05, 0) is 49.3 Å². The Morgan fingerprint density at radius 1 is 1.08 bits per heavy atom. The van der Waals surface area contributed by atoms with Crippen LogP contribution in [0.3, 0.4) is 0 Å². The summed E-state index contributed by atoms with van der Waals surface area (Å²) in [4.78, 5) is 63.0. The van der Waals surface area contributed by atoms with Gasteiger partial charge in [-0.2, -0.15) is 0 Å². The quantitative estimate of drug-likeness (QED) is 0.0771. The van der Waals surface area contributed by atoms with Gasteiger partial charge in [-0.3, -0.25) is 4.79 Å². The number of aliphatic hydroxyl groups is 3. The molecule has 2 heterocycles. The molecule has 2 unspecified atom stereocenters. The predicted octanol–water partition coefficient (Wildman–Crippen LogP) is 2.00. The molecule has 15 nitrogen and oxygen atoms in total. The fourth-order valence-corrected chi connectivity index (χ4v) is 6.63. The third-order valence-electron chi connectivity index (χ3n) is 9.29. The summed E-state index contributed by atoms with van der Waals surface area (Å²) < 4.78 is 21.9. The fraction of sp³-hybridized carbons (Fsp3) is 0.571. The van der Waals surface area contributed by atoms with Crippen LogP contribution in [0.4, 0.5) is 0 Å². The number of fused-ring (bicyclic) bond motifs is 2. The Morgan fingerprint density at radius 2 is 1.70 bits per heavy atom. The fourth-order valence-electron chi connectivity index (χ4n) is 6.63. The molecule has 0 amide bonds. The third-order valence-corrected chi connectivity index (χ3v) is 9.29. The highest BCUT2D eigenvalue weighted by Gasteiger charge is 2.85. The average Bonchev–Trinajstić information content (AvgIpc) is 3.25. The van der Waals surface area contributed by atoms with Crippen molar-refractivity contribution in [3.63, 3.8) is 0 Å². The lowest BCUT2D eigenvalue weighted by molar-refractivity contribution is -0.374. The smallest absolute Gasteiger partial charge is 0.344 e. The summed E-state index contributed by atoms with van der Waals surface area (Å²) in [6.07, 6.45) is -6.49. The molecule has 10 atom stereocenters. The Kier molecular flexibility index (Phi) is 12.4. The zero-order valence-corrected chi connectivity index (χ0v) is 28.6. The van der Waals surface area contributed by atoms with Crippen LogP contribution in [0, 0.1) is 11.8 Å². The Labute approximate surface area is 289 Å². The number of benzene rings is 1. The molecule has 2 aliphatic heterocycles. The standard InChI is InChI=1S/C35H46O15/c1-7-19(2)18-32(6,45)15-14-24(37)48-27-26(38)33(49-28(29(39)40)34(46,30(41)42)35(27,50-33)31(43)44)16-13-20(3)25(47-22(5)36)21(4)17-23-11-9-8-10-12-23/h8-12,14-15,19,21,25-28,38,45-46H,3,7,13,16-18H2,1-2,4-6H3,(H,39,40)(H,41,42)(H,43,44)/b15-14+/t19?,21-,25-,26-,27-,28-,32?,33-,34-,35-/m1/s1. The summed E-state index contributed by atoms with van der Waals surface area (Å²) in [5, 5.41) is 64.2. The molecule has 6 N–H and O–H groups in total. The van der Waals surface area contributed by atoms with Crippen molar-refractivity contribution < 1.29 is 73.6 Å². The molecular formula is C35H46O15. The topological polar surface area (TPSA) is 244 Å². The van der Waals surface area contributed by atoms with Gasteiger partial charge < -0.3 is 49.6 Å². The Hall–Kier alpha value is -4.15. The van der Waals surface area contributed by atoms with Gasteiger partial charge in [0.25, 0.3) is 0 Å². The zero-order chi connectivity index (χ0) is 37.8. The number of hydrogen-bond donors (Lipinski definition) is 6. The van der Waals surface area contributed by atoms with Crippen molar-refractivity contribution in [2.45, 2.75) is 114 Å². The summed E-state index contributed by atoms with van der Waals surface area (Å²) in [5.74, 6) is -11.9. The van der Waals surface area contributed by atoms with Crippen LogP contribution >= 0.6 is 0 Å². The lowest BCUT2D eigenvalue weighted by Gasteiger charge is -2.48. The normalized spacial score (nSPS) is 30.4. The number of carboxylic acids is 3. The highest BCUT2D eigenvalue weighted by molar-refractivity contribution is 5.98. The SMILES string of the molecule is C=C(CC[C@@]12O[C@H](C(=O)O)[C@@](O)(C(=O)O)[C@@](C(=O)O)(O1)[C@H](OC(=O)/C=C/C(C)(O)CC(C)CC)[C@H]2O)[C@@H](OC(C)=O)[C@H](C)Cc1ccccc1. The number of rotatable bonds is 17. The summed E-state index contributed by atoms with van der Waals surface area (Å²) in [5.41, 5.74) is -7.98. The van der Waals surface area contributed by atoms with Gasteiger partial charge in [0.1, 0.15) is 12.2 Å². The number of hydrogen-bond acceptors (Lipinski definition) is 12. The summed E-state index contributed by atoms with van der Waals surface area (Å²) >= 11 is 0. The van der Waals surface area contributed by atoms with E-state index in [2.05, 4.69) is 6.58 Å². The van der Waals surface area contributed by atoms with E-state index < -0.39 is 83.3 Å². The third kappa shape index (κ3) is 7.92. The minimum absolute atomic E-state index is 0.0392. The van der Waals surface area contributed by atoms with Gasteiger partial charge in [0.2, 0.25) is 23.1 Å². The van der Waals surface area contributed by atoms with Crippen molar-refractivity contribution in [3.8, 4) is 0 Å².